The maximum Gasteiger partial charge on any atom is 0.253 e. The van der Waals surface area contributed by atoms with Gasteiger partial charge in [-0.05, 0) is 36.5 Å². The monoisotopic (exact) mass is 380 g/mol. The van der Waals surface area contributed by atoms with Crippen LogP contribution in [0.25, 0.3) is 0 Å². The second-order valence-electron chi connectivity index (χ2n) is 7.66. The molecule has 148 valence electrons. The number of para-hydroxylation sites is 1. The molecule has 0 aromatic heterocycles. The molecule has 28 heavy (non-hydrogen) atoms. The predicted octanol–water partition coefficient (Wildman–Crippen LogP) is 3.76. The molecule has 1 aliphatic heterocycles. The molecule has 1 aliphatic rings. The Bertz CT molecular complexity index is 812. The van der Waals surface area contributed by atoms with Crippen molar-refractivity contribution in [2.24, 2.45) is 5.92 Å². The fourth-order valence-electron chi connectivity index (χ4n) is 3.55. The Kier molecular flexibility index (Phi) is 6.47. The summed E-state index contributed by atoms with van der Waals surface area (Å²) in [6, 6.07) is 17.0. The lowest BCUT2D eigenvalue weighted by Crippen LogP contribution is -2.45. The number of hydrogen-bond donors (Lipinski definition) is 2. The smallest absolute Gasteiger partial charge is 0.253 e. The highest BCUT2D eigenvalue weighted by Gasteiger charge is 2.41. The summed E-state index contributed by atoms with van der Waals surface area (Å²) in [5.74, 6) is 0.0886. The fraction of sp³-hybridized carbons (Fsp3) is 0.391. The van der Waals surface area contributed by atoms with Crippen molar-refractivity contribution in [2.45, 2.75) is 32.1 Å². The minimum Gasteiger partial charge on any atom is -0.381 e. The second kappa shape index (κ2) is 9.02. The van der Waals surface area contributed by atoms with Gasteiger partial charge >= 0.3 is 0 Å². The number of amides is 2. The summed E-state index contributed by atoms with van der Waals surface area (Å²) >= 11 is 0. The van der Waals surface area contributed by atoms with E-state index in [9.17, 15) is 9.59 Å². The Balaban J connectivity index is 1.86. The lowest BCUT2D eigenvalue weighted by molar-refractivity contribution is -0.125. The summed E-state index contributed by atoms with van der Waals surface area (Å²) < 4.78 is 5.52. The molecule has 1 fully saturated rings. The minimum absolute atomic E-state index is 0.0916. The molecule has 1 saturated heterocycles. The number of rotatable bonds is 6. The summed E-state index contributed by atoms with van der Waals surface area (Å²) in [5.41, 5.74) is 1.35. The van der Waals surface area contributed by atoms with Gasteiger partial charge in [-0.15, -0.1) is 0 Å². The topological polar surface area (TPSA) is 67.4 Å². The Labute approximate surface area is 166 Å². The molecule has 0 radical (unpaired) electrons. The van der Waals surface area contributed by atoms with Gasteiger partial charge in [0.1, 0.15) is 0 Å². The summed E-state index contributed by atoms with van der Waals surface area (Å²) in [6.07, 6.45) is 1.23. The first kappa shape index (κ1) is 20.1. The molecule has 1 heterocycles. The van der Waals surface area contributed by atoms with E-state index >= 15 is 0 Å². The molecule has 5 heteroatoms. The van der Waals surface area contributed by atoms with Gasteiger partial charge in [-0.3, -0.25) is 9.59 Å². The van der Waals surface area contributed by atoms with Gasteiger partial charge in [-0.2, -0.15) is 0 Å². The lowest BCUT2D eigenvalue weighted by Gasteiger charge is -2.36. The standard InChI is InChI=1S/C23H28N2O3/c1-17(2)16-24-21(26)19-10-6-7-11-20(19)25-22(27)23(12-14-28-15-13-23)18-8-4-3-5-9-18/h3-11,17H,12-16H2,1-2H3,(H,24,26)(H,25,27). The van der Waals surface area contributed by atoms with Gasteiger partial charge in [0.2, 0.25) is 5.91 Å². The zero-order valence-corrected chi connectivity index (χ0v) is 16.5. The van der Waals surface area contributed by atoms with Crippen LogP contribution in [-0.2, 0) is 14.9 Å². The molecule has 2 aromatic rings. The van der Waals surface area contributed by atoms with E-state index < -0.39 is 5.41 Å². The first-order valence-electron chi connectivity index (χ1n) is 9.85. The third kappa shape index (κ3) is 4.42. The van der Waals surface area contributed by atoms with Gasteiger partial charge in [-0.1, -0.05) is 56.3 Å². The summed E-state index contributed by atoms with van der Waals surface area (Å²) in [6.45, 7) is 5.76. The minimum atomic E-state index is -0.652. The molecule has 0 spiro atoms. The van der Waals surface area contributed by atoms with E-state index in [0.29, 0.717) is 49.8 Å². The Morgan fingerprint density at radius 2 is 1.64 bits per heavy atom. The van der Waals surface area contributed by atoms with E-state index in [1.165, 1.54) is 0 Å². The van der Waals surface area contributed by atoms with Gasteiger partial charge < -0.3 is 15.4 Å². The average Bonchev–Trinajstić information content (AvgIpc) is 2.73. The quantitative estimate of drug-likeness (QED) is 0.802. The Hall–Kier alpha value is -2.66. The van der Waals surface area contributed by atoms with E-state index in [0.717, 1.165) is 5.56 Å². The molecule has 5 nitrogen and oxygen atoms in total. The number of anilines is 1. The zero-order chi connectivity index (χ0) is 20.0. The molecule has 2 N–H and O–H groups in total. The number of ether oxygens (including phenoxy) is 1. The van der Waals surface area contributed by atoms with Crippen molar-refractivity contribution in [3.63, 3.8) is 0 Å². The van der Waals surface area contributed by atoms with Crippen molar-refractivity contribution in [3.05, 3.63) is 65.7 Å². The largest absolute Gasteiger partial charge is 0.381 e. The van der Waals surface area contributed by atoms with Crippen LogP contribution in [0.2, 0.25) is 0 Å². The zero-order valence-electron chi connectivity index (χ0n) is 16.5. The fourth-order valence-corrected chi connectivity index (χ4v) is 3.55. The molecule has 0 unspecified atom stereocenters. The first-order valence-corrected chi connectivity index (χ1v) is 9.85. The lowest BCUT2D eigenvalue weighted by atomic mass is 9.73. The van der Waals surface area contributed by atoms with Crippen molar-refractivity contribution in [2.75, 3.05) is 25.1 Å². The van der Waals surface area contributed by atoms with Crippen LogP contribution in [0.3, 0.4) is 0 Å². The van der Waals surface area contributed by atoms with Crippen molar-refractivity contribution in [1.29, 1.82) is 0 Å². The van der Waals surface area contributed by atoms with Crippen LogP contribution in [0.4, 0.5) is 5.69 Å². The van der Waals surface area contributed by atoms with Crippen molar-refractivity contribution < 1.29 is 14.3 Å². The molecule has 2 amide bonds. The molecule has 3 rings (SSSR count). The van der Waals surface area contributed by atoms with Crippen molar-refractivity contribution in [3.8, 4) is 0 Å². The van der Waals surface area contributed by atoms with Crippen LogP contribution in [0.15, 0.2) is 54.6 Å². The number of nitrogens with one attached hydrogen (secondary N) is 2. The number of carbonyl (C=O) groups is 2. The molecule has 0 aliphatic carbocycles. The van der Waals surface area contributed by atoms with Gasteiger partial charge in [0, 0.05) is 19.8 Å². The third-order valence-corrected chi connectivity index (χ3v) is 5.20. The highest BCUT2D eigenvalue weighted by Crippen LogP contribution is 2.36. The first-order chi connectivity index (χ1) is 13.5. The van der Waals surface area contributed by atoms with E-state index in [1.807, 2.05) is 50.2 Å². The molecule has 0 bridgehead atoms. The highest BCUT2D eigenvalue weighted by molar-refractivity contribution is 6.06. The normalized spacial score (nSPS) is 15.8. The summed E-state index contributed by atoms with van der Waals surface area (Å²) in [7, 11) is 0. The number of carbonyl (C=O) groups excluding carboxylic acids is 2. The van der Waals surface area contributed by atoms with Crippen molar-refractivity contribution >= 4 is 17.5 Å². The summed E-state index contributed by atoms with van der Waals surface area (Å²) in [4.78, 5) is 26.0. The van der Waals surface area contributed by atoms with E-state index in [4.69, 9.17) is 4.74 Å². The summed E-state index contributed by atoms with van der Waals surface area (Å²) in [5, 5.41) is 5.96. The average molecular weight is 380 g/mol. The van der Waals surface area contributed by atoms with E-state index in [1.54, 1.807) is 18.2 Å². The van der Waals surface area contributed by atoms with E-state index in [-0.39, 0.29) is 11.8 Å². The van der Waals surface area contributed by atoms with Crippen LogP contribution in [0.1, 0.15) is 42.6 Å². The van der Waals surface area contributed by atoms with Crippen LogP contribution in [-0.4, -0.2) is 31.6 Å². The number of hydrogen-bond acceptors (Lipinski definition) is 3. The van der Waals surface area contributed by atoms with Crippen molar-refractivity contribution in [1.82, 2.24) is 5.32 Å². The van der Waals surface area contributed by atoms with Gasteiger partial charge in [0.25, 0.3) is 5.91 Å². The Morgan fingerprint density at radius 3 is 2.32 bits per heavy atom. The maximum absolute atomic E-state index is 13.4. The Morgan fingerprint density at radius 1 is 1.00 bits per heavy atom. The molecular weight excluding hydrogens is 352 g/mol. The highest BCUT2D eigenvalue weighted by atomic mass is 16.5. The number of benzene rings is 2. The molecule has 2 aromatic carbocycles. The third-order valence-electron chi connectivity index (χ3n) is 5.20. The van der Waals surface area contributed by atoms with Crippen LogP contribution < -0.4 is 10.6 Å². The van der Waals surface area contributed by atoms with Gasteiger partial charge in [0.05, 0.1) is 16.7 Å². The second-order valence-corrected chi connectivity index (χ2v) is 7.66. The van der Waals surface area contributed by atoms with Crippen LogP contribution in [0.5, 0.6) is 0 Å². The molecular formula is C23H28N2O3. The van der Waals surface area contributed by atoms with Crippen LogP contribution in [0, 0.1) is 5.92 Å². The van der Waals surface area contributed by atoms with Gasteiger partial charge in [0.15, 0.2) is 0 Å². The van der Waals surface area contributed by atoms with Gasteiger partial charge in [-0.25, -0.2) is 0 Å². The SMILES string of the molecule is CC(C)CNC(=O)c1ccccc1NC(=O)C1(c2ccccc2)CCOCC1. The molecule has 0 atom stereocenters. The van der Waals surface area contributed by atoms with E-state index in [2.05, 4.69) is 10.6 Å². The van der Waals surface area contributed by atoms with Crippen LogP contribution >= 0.6 is 0 Å². The maximum atomic E-state index is 13.4. The predicted molar refractivity (Wildman–Crippen MR) is 110 cm³/mol. The molecule has 0 saturated carbocycles.